The average Bonchev–Trinajstić information content (AvgIpc) is 2.74. The summed E-state index contributed by atoms with van der Waals surface area (Å²) in [6.45, 7) is 2.75. The van der Waals surface area contributed by atoms with E-state index in [9.17, 15) is 9.59 Å². The first kappa shape index (κ1) is 10.4. The van der Waals surface area contributed by atoms with Gasteiger partial charge in [0.25, 0.3) is 5.56 Å². The average molecular weight is 220 g/mol. The van der Waals surface area contributed by atoms with Crippen molar-refractivity contribution in [3.05, 3.63) is 51.1 Å². The normalized spacial score (nSPS) is 10.6. The minimum absolute atomic E-state index is 0.333. The van der Waals surface area contributed by atoms with Gasteiger partial charge in [-0.25, -0.2) is 4.79 Å². The van der Waals surface area contributed by atoms with Crippen LogP contribution in [-0.2, 0) is 13.1 Å². The summed E-state index contributed by atoms with van der Waals surface area (Å²) in [5, 5.41) is 4.03. The van der Waals surface area contributed by atoms with Crippen LogP contribution in [0.15, 0.2) is 34.2 Å². The molecule has 0 unspecified atom stereocenters. The molecule has 84 valence electrons. The lowest BCUT2D eigenvalue weighted by Crippen LogP contribution is -2.31. The summed E-state index contributed by atoms with van der Waals surface area (Å²) in [4.78, 5) is 24.8. The van der Waals surface area contributed by atoms with E-state index >= 15 is 0 Å². The Morgan fingerprint density at radius 3 is 2.88 bits per heavy atom. The SMILES string of the molecule is Cc1cn(CCn2cccn2)c(=O)[nH]c1=O. The molecule has 6 heteroatoms. The highest BCUT2D eigenvalue weighted by Crippen LogP contribution is 1.89. The Morgan fingerprint density at radius 2 is 2.19 bits per heavy atom. The smallest absolute Gasteiger partial charge is 0.298 e. The second kappa shape index (κ2) is 4.18. The molecule has 0 aliphatic carbocycles. The van der Waals surface area contributed by atoms with Crippen molar-refractivity contribution in [3.8, 4) is 0 Å². The van der Waals surface area contributed by atoms with Gasteiger partial charge < -0.3 is 0 Å². The molecule has 1 N–H and O–H groups in total. The van der Waals surface area contributed by atoms with Crippen molar-refractivity contribution in [3.63, 3.8) is 0 Å². The van der Waals surface area contributed by atoms with E-state index in [2.05, 4.69) is 10.1 Å². The number of aromatic nitrogens is 4. The van der Waals surface area contributed by atoms with Gasteiger partial charge >= 0.3 is 5.69 Å². The second-order valence-electron chi connectivity index (χ2n) is 3.53. The van der Waals surface area contributed by atoms with Gasteiger partial charge in [-0.3, -0.25) is 19.0 Å². The summed E-state index contributed by atoms with van der Waals surface area (Å²) in [7, 11) is 0. The largest absolute Gasteiger partial charge is 0.328 e. The molecule has 0 aliphatic rings. The Hall–Kier alpha value is -2.11. The van der Waals surface area contributed by atoms with Gasteiger partial charge in [0.05, 0.1) is 6.54 Å². The van der Waals surface area contributed by atoms with Crippen LogP contribution in [-0.4, -0.2) is 19.3 Å². The van der Waals surface area contributed by atoms with Gasteiger partial charge in [0.1, 0.15) is 0 Å². The van der Waals surface area contributed by atoms with Crippen molar-refractivity contribution >= 4 is 0 Å². The van der Waals surface area contributed by atoms with Gasteiger partial charge in [0.15, 0.2) is 0 Å². The summed E-state index contributed by atoms with van der Waals surface area (Å²) >= 11 is 0. The van der Waals surface area contributed by atoms with Crippen LogP contribution in [0.1, 0.15) is 5.56 Å². The number of nitrogens with one attached hydrogen (secondary N) is 1. The summed E-state index contributed by atoms with van der Waals surface area (Å²) in [6.07, 6.45) is 5.06. The molecule has 2 aromatic rings. The Morgan fingerprint density at radius 1 is 1.38 bits per heavy atom. The van der Waals surface area contributed by atoms with E-state index in [1.54, 1.807) is 24.0 Å². The fourth-order valence-electron chi connectivity index (χ4n) is 1.43. The zero-order valence-corrected chi connectivity index (χ0v) is 8.88. The lowest BCUT2D eigenvalue weighted by Gasteiger charge is -2.05. The third-order valence-electron chi connectivity index (χ3n) is 2.32. The molecule has 0 radical (unpaired) electrons. The molecule has 0 saturated heterocycles. The predicted molar refractivity (Wildman–Crippen MR) is 58.3 cm³/mol. The predicted octanol–water partition coefficient (Wildman–Crippen LogP) is -0.258. The van der Waals surface area contributed by atoms with Crippen LogP contribution < -0.4 is 11.2 Å². The molecule has 0 spiro atoms. The van der Waals surface area contributed by atoms with Crippen LogP contribution in [0.4, 0.5) is 0 Å². The first-order valence-corrected chi connectivity index (χ1v) is 4.94. The first-order valence-electron chi connectivity index (χ1n) is 4.94. The highest BCUT2D eigenvalue weighted by atomic mass is 16.2. The monoisotopic (exact) mass is 220 g/mol. The summed E-state index contributed by atoms with van der Waals surface area (Å²) in [5.74, 6) is 0. The lowest BCUT2D eigenvalue weighted by atomic mass is 10.4. The van der Waals surface area contributed by atoms with Gasteiger partial charge in [-0.1, -0.05) is 0 Å². The minimum Gasteiger partial charge on any atom is -0.298 e. The maximum absolute atomic E-state index is 11.4. The van der Waals surface area contributed by atoms with Crippen molar-refractivity contribution in [2.75, 3.05) is 0 Å². The van der Waals surface area contributed by atoms with Crippen molar-refractivity contribution in [1.29, 1.82) is 0 Å². The van der Waals surface area contributed by atoms with Crippen molar-refractivity contribution in [2.24, 2.45) is 0 Å². The van der Waals surface area contributed by atoms with Gasteiger partial charge in [-0.2, -0.15) is 5.10 Å². The number of rotatable bonds is 3. The molecule has 2 aromatic heterocycles. The third-order valence-corrected chi connectivity index (χ3v) is 2.32. The minimum atomic E-state index is -0.386. The second-order valence-corrected chi connectivity index (χ2v) is 3.53. The van der Waals surface area contributed by atoms with Gasteiger partial charge in [-0.15, -0.1) is 0 Å². The van der Waals surface area contributed by atoms with E-state index in [0.717, 1.165) is 0 Å². The van der Waals surface area contributed by atoms with Crippen LogP contribution >= 0.6 is 0 Å². The molecular weight excluding hydrogens is 208 g/mol. The Balaban J connectivity index is 2.19. The van der Waals surface area contributed by atoms with Crippen LogP contribution in [0, 0.1) is 6.92 Å². The Kier molecular flexibility index (Phi) is 2.72. The Bertz CT molecular complexity index is 580. The molecule has 0 aromatic carbocycles. The maximum atomic E-state index is 11.4. The summed E-state index contributed by atoms with van der Waals surface area (Å²) in [5.41, 5.74) is -0.192. The van der Waals surface area contributed by atoms with E-state index in [1.165, 1.54) is 4.57 Å². The fourth-order valence-corrected chi connectivity index (χ4v) is 1.43. The maximum Gasteiger partial charge on any atom is 0.328 e. The summed E-state index contributed by atoms with van der Waals surface area (Å²) < 4.78 is 3.20. The quantitative estimate of drug-likeness (QED) is 0.774. The topological polar surface area (TPSA) is 72.7 Å². The van der Waals surface area contributed by atoms with Gasteiger partial charge in [-0.05, 0) is 13.0 Å². The standard InChI is InChI=1S/C10H12N4O2/c1-8-7-13(10(16)12-9(8)15)5-6-14-4-2-3-11-14/h2-4,7H,5-6H2,1H3,(H,12,15,16). The van der Waals surface area contributed by atoms with E-state index < -0.39 is 0 Å². The van der Waals surface area contributed by atoms with Gasteiger partial charge in [0.2, 0.25) is 0 Å². The van der Waals surface area contributed by atoms with Crippen molar-refractivity contribution in [1.82, 2.24) is 19.3 Å². The third kappa shape index (κ3) is 2.10. The fraction of sp³-hybridized carbons (Fsp3) is 0.300. The molecule has 0 saturated carbocycles. The molecule has 0 aliphatic heterocycles. The molecule has 16 heavy (non-hydrogen) atoms. The van der Waals surface area contributed by atoms with Gasteiger partial charge in [0, 0.05) is 30.7 Å². The molecule has 2 rings (SSSR count). The number of hydrogen-bond acceptors (Lipinski definition) is 3. The zero-order chi connectivity index (χ0) is 11.5. The van der Waals surface area contributed by atoms with Crippen LogP contribution in [0.2, 0.25) is 0 Å². The molecule has 0 amide bonds. The van der Waals surface area contributed by atoms with Crippen molar-refractivity contribution in [2.45, 2.75) is 20.0 Å². The number of aromatic amines is 1. The van der Waals surface area contributed by atoms with Crippen LogP contribution in [0.3, 0.4) is 0 Å². The van der Waals surface area contributed by atoms with Crippen LogP contribution in [0.5, 0.6) is 0 Å². The van der Waals surface area contributed by atoms with E-state index in [4.69, 9.17) is 0 Å². The highest BCUT2D eigenvalue weighted by Gasteiger charge is 2.00. The van der Waals surface area contributed by atoms with E-state index in [0.29, 0.717) is 18.7 Å². The number of nitrogens with zero attached hydrogens (tertiary/aromatic N) is 3. The molecule has 0 bridgehead atoms. The molecular formula is C10H12N4O2. The van der Waals surface area contributed by atoms with E-state index in [1.807, 2.05) is 12.3 Å². The summed E-state index contributed by atoms with van der Waals surface area (Å²) in [6, 6.07) is 1.82. The molecule has 0 fully saturated rings. The number of hydrogen-bond donors (Lipinski definition) is 1. The van der Waals surface area contributed by atoms with E-state index in [-0.39, 0.29) is 11.2 Å². The molecule has 2 heterocycles. The number of H-pyrrole nitrogens is 1. The first-order chi connectivity index (χ1) is 7.66. The highest BCUT2D eigenvalue weighted by molar-refractivity contribution is 5.00. The lowest BCUT2D eigenvalue weighted by molar-refractivity contribution is 0.514. The molecule has 6 nitrogen and oxygen atoms in total. The number of aryl methyl sites for hydroxylation is 3. The van der Waals surface area contributed by atoms with Crippen LogP contribution in [0.25, 0.3) is 0 Å². The molecule has 0 atom stereocenters. The van der Waals surface area contributed by atoms with Crippen molar-refractivity contribution < 1.29 is 0 Å². The Labute approximate surface area is 91.2 Å². The zero-order valence-electron chi connectivity index (χ0n) is 8.88.